The minimum atomic E-state index is -1.53. The number of rotatable bonds is 10. The van der Waals surface area contributed by atoms with Gasteiger partial charge in [-0.3, -0.25) is 29.0 Å². The van der Waals surface area contributed by atoms with Crippen molar-refractivity contribution in [1.29, 1.82) is 0 Å². The van der Waals surface area contributed by atoms with Gasteiger partial charge in [-0.1, -0.05) is 97.6 Å². The molecule has 0 radical (unpaired) electrons. The molecule has 8 bridgehead atoms. The van der Waals surface area contributed by atoms with E-state index in [0.29, 0.717) is 40.0 Å². The van der Waals surface area contributed by atoms with Crippen molar-refractivity contribution in [1.82, 2.24) is 20.4 Å². The van der Waals surface area contributed by atoms with E-state index in [-0.39, 0.29) is 79.1 Å². The van der Waals surface area contributed by atoms with Gasteiger partial charge in [-0.05, 0) is 151 Å². The van der Waals surface area contributed by atoms with Gasteiger partial charge in [-0.25, -0.2) is 0 Å². The second kappa shape index (κ2) is 30.2. The minimum Gasteiger partial charge on any atom is -0.495 e. The molecule has 4 fully saturated rings. The first-order valence-electron chi connectivity index (χ1n) is 32.6. The van der Waals surface area contributed by atoms with E-state index in [1.807, 2.05) is 162 Å². The summed E-state index contributed by atoms with van der Waals surface area (Å²) in [6.45, 7) is 35.1. The molecule has 0 aliphatic carbocycles. The van der Waals surface area contributed by atoms with E-state index in [9.17, 15) is 29.4 Å². The SMILES string of the molecule is C=C1NC2(O)CC(O1)C(C)C1OC1(C)C(OC(=O)C(C)N(C)C(C)C)CC(=O)N(C)c1cc(cc(OC)c1Cl)C/C(C)=C/C=C/C2OC.C=C1N[C@]2(O)C[C@H](O1)[C@@H](C)[C@@H]1O[C@@]1(C)[C@@H](OC(=O)[C@H](C)N(C)C(C)C)CC(=O)N(C)c1cc(cc(C)c1Cl)C/C(C)=C/C=C/[C@H]2C. The van der Waals surface area contributed by atoms with Gasteiger partial charge < -0.3 is 68.5 Å². The van der Waals surface area contributed by atoms with Crippen LogP contribution in [0.15, 0.2) is 96.8 Å². The first kappa shape index (κ1) is 75.4. The highest BCUT2D eigenvalue weighted by atomic mass is 35.5. The molecule has 94 heavy (non-hydrogen) atoms. The van der Waals surface area contributed by atoms with E-state index in [4.69, 9.17) is 61.1 Å². The average molecular weight is 1350 g/mol. The third-order valence-electron chi connectivity index (χ3n) is 20.2. The van der Waals surface area contributed by atoms with Crippen LogP contribution in [0, 0.1) is 24.7 Å². The van der Waals surface area contributed by atoms with Crippen LogP contribution in [0.25, 0.3) is 0 Å². The summed E-state index contributed by atoms with van der Waals surface area (Å²) in [5.74, 6) is -1.37. The van der Waals surface area contributed by atoms with Crippen molar-refractivity contribution in [2.75, 3.05) is 52.2 Å². The molecule has 2 amide bonds. The number of carbonyl (C=O) groups is 4. The Balaban J connectivity index is 0.000000266. The molecule has 520 valence electrons. The maximum Gasteiger partial charge on any atom is 0.323 e. The molecule has 20 nitrogen and oxygen atoms in total. The Morgan fingerprint density at radius 3 is 1.52 bits per heavy atom. The lowest BCUT2D eigenvalue weighted by Gasteiger charge is -2.44. The number of fused-ring (bicyclic) bond motifs is 10. The number of methoxy groups -OCH3 is 2. The Morgan fingerprint density at radius 1 is 0.670 bits per heavy atom. The monoisotopic (exact) mass is 1350 g/mol. The van der Waals surface area contributed by atoms with E-state index >= 15 is 0 Å². The number of likely N-dealkylation sites (N-methyl/N-ethyl adjacent to an activating group) is 2. The van der Waals surface area contributed by atoms with Gasteiger partial charge in [0.05, 0.1) is 48.6 Å². The highest BCUT2D eigenvalue weighted by molar-refractivity contribution is 6.35. The zero-order chi connectivity index (χ0) is 70.0. The Morgan fingerprint density at radius 2 is 1.09 bits per heavy atom. The van der Waals surface area contributed by atoms with Crippen molar-refractivity contribution in [2.45, 2.75) is 225 Å². The van der Waals surface area contributed by atoms with Crippen molar-refractivity contribution >= 4 is 58.3 Å². The largest absolute Gasteiger partial charge is 0.495 e. The van der Waals surface area contributed by atoms with Crippen LogP contribution in [0.2, 0.25) is 10.0 Å². The zero-order valence-corrected chi connectivity index (χ0v) is 60.4. The molecule has 6 heterocycles. The van der Waals surface area contributed by atoms with Crippen LogP contribution < -0.4 is 25.2 Å². The standard InChI is InChI=1S/C36H52ClN3O8.C36H52ClN3O6/c1-20(2)39(8)23(5)34(42)47-30-18-31(41)40(9)26-16-25(17-27(44-10)32(26)37)15-21(3)13-12-14-29(45-11)36(43)19-28(46-24(6)38-36)22(4)33-35(30,7)48-33;1-20(2)39(10)25(7)34(42)45-30-18-31(41)40(11)28-17-27(16-22(4)32(28)37)15-21(3)13-12-14-23(5)36(43)19-29(44-26(8)38-36)24(6)33-35(30,9)46-33/h12-14,16-17,20,22-23,28-30,33,38,43H,6,15,18-19H2,1-5,7-11H3;12-14,16-17,20,23-25,29-30,33,38,43H,8,15,18-19H2,1-7,9-11H3/b2*14-12+,21-13+/t;23-,24-,25+,29+,30+,33+,35+,36+/m.1/s1. The van der Waals surface area contributed by atoms with Crippen molar-refractivity contribution in [2.24, 2.45) is 17.8 Å². The molecule has 8 unspecified atom stereocenters. The first-order valence-corrected chi connectivity index (χ1v) is 33.4. The predicted molar refractivity (Wildman–Crippen MR) is 366 cm³/mol. The maximum absolute atomic E-state index is 14.1. The summed E-state index contributed by atoms with van der Waals surface area (Å²) in [4.78, 5) is 61.9. The molecular formula is C72H104Cl2N6O14. The number of hydrogen-bond donors (Lipinski definition) is 4. The molecule has 0 spiro atoms. The fourth-order valence-corrected chi connectivity index (χ4v) is 13.6. The van der Waals surface area contributed by atoms with Crippen molar-refractivity contribution in [3.05, 3.63) is 124 Å². The molecule has 6 aliphatic rings. The summed E-state index contributed by atoms with van der Waals surface area (Å²) in [6.07, 6.45) is 8.45. The van der Waals surface area contributed by atoms with Crippen molar-refractivity contribution in [3.63, 3.8) is 0 Å². The summed E-state index contributed by atoms with van der Waals surface area (Å²) in [5, 5.41) is 30.4. The van der Waals surface area contributed by atoms with E-state index in [0.717, 1.165) is 27.8 Å². The van der Waals surface area contributed by atoms with Crippen LogP contribution in [-0.2, 0) is 65.2 Å². The van der Waals surface area contributed by atoms with E-state index in [2.05, 4.69) is 23.8 Å². The third kappa shape index (κ3) is 16.9. The second-order valence-electron chi connectivity index (χ2n) is 27.8. The highest BCUT2D eigenvalue weighted by Crippen LogP contribution is 2.52. The Bertz CT molecular complexity index is 3280. The molecule has 4 saturated heterocycles. The fraction of sp³-hybridized carbons (Fsp3) is 0.611. The van der Waals surface area contributed by atoms with Gasteiger partial charge in [0.25, 0.3) is 0 Å². The Kier molecular flexibility index (Phi) is 24.3. The molecule has 8 rings (SSSR count). The number of epoxide rings is 2. The predicted octanol–water partition coefficient (Wildman–Crippen LogP) is 10.4. The van der Waals surface area contributed by atoms with Crippen LogP contribution >= 0.6 is 23.2 Å². The molecule has 0 saturated carbocycles. The van der Waals surface area contributed by atoms with Gasteiger partial charge in [0.1, 0.15) is 70.3 Å². The van der Waals surface area contributed by atoms with Crippen LogP contribution in [0.5, 0.6) is 5.75 Å². The lowest BCUT2D eigenvalue weighted by Crippen LogP contribution is -2.60. The van der Waals surface area contributed by atoms with Crippen LogP contribution in [-0.4, -0.2) is 176 Å². The third-order valence-corrected chi connectivity index (χ3v) is 21.1. The topological polar surface area (TPSA) is 226 Å². The Hall–Kier alpha value is -5.94. The number of carbonyl (C=O) groups excluding carboxylic acids is 4. The number of nitrogens with zero attached hydrogens (tertiary/aromatic N) is 4. The number of aliphatic hydroxyl groups is 2. The number of hydrogen-bond acceptors (Lipinski definition) is 18. The molecule has 4 N–H and O–H groups in total. The number of ether oxygens (including phenoxy) is 8. The second-order valence-corrected chi connectivity index (χ2v) is 28.6. The summed E-state index contributed by atoms with van der Waals surface area (Å²) in [5.41, 5.74) is 1.08. The zero-order valence-electron chi connectivity index (χ0n) is 58.9. The van der Waals surface area contributed by atoms with Gasteiger partial charge in [0.2, 0.25) is 11.8 Å². The average Bonchev–Trinajstić information content (AvgIpc) is 1.58. The van der Waals surface area contributed by atoms with E-state index < -0.39 is 89.4 Å². The number of anilines is 2. The van der Waals surface area contributed by atoms with Crippen LogP contribution in [0.3, 0.4) is 0 Å². The van der Waals surface area contributed by atoms with Crippen molar-refractivity contribution in [3.8, 4) is 5.75 Å². The minimum absolute atomic E-state index is 0.0906. The fourth-order valence-electron chi connectivity index (χ4n) is 13.1. The molecule has 22 heteroatoms. The number of nitrogens with one attached hydrogen (secondary N) is 2. The molecule has 6 aliphatic heterocycles. The molecule has 0 aromatic heterocycles. The highest BCUT2D eigenvalue weighted by Gasteiger charge is 2.66. The van der Waals surface area contributed by atoms with Gasteiger partial charge in [-0.15, -0.1) is 0 Å². The summed E-state index contributed by atoms with van der Waals surface area (Å²) in [7, 11) is 10.1. The molecular weight excluding hydrogens is 1240 g/mol. The van der Waals surface area contributed by atoms with Gasteiger partial charge >= 0.3 is 11.9 Å². The quantitative estimate of drug-likeness (QED) is 0.128. The van der Waals surface area contributed by atoms with Crippen LogP contribution in [0.1, 0.15) is 132 Å². The number of benzene rings is 2. The van der Waals surface area contributed by atoms with E-state index in [1.165, 1.54) is 19.1 Å². The first-order chi connectivity index (χ1) is 43.8. The molecule has 2 aromatic carbocycles. The number of amides is 2. The van der Waals surface area contributed by atoms with Crippen molar-refractivity contribution < 1.29 is 67.3 Å². The summed E-state index contributed by atoms with van der Waals surface area (Å²) >= 11 is 13.5. The number of allylic oxidation sites excluding steroid dienone is 6. The normalized spacial score (nSPS) is 34.1. The smallest absolute Gasteiger partial charge is 0.323 e. The summed E-state index contributed by atoms with van der Waals surface area (Å²) < 4.78 is 48.6. The van der Waals surface area contributed by atoms with Gasteiger partial charge in [-0.2, -0.15) is 0 Å². The summed E-state index contributed by atoms with van der Waals surface area (Å²) in [6, 6.07) is 6.77. The molecule has 16 atom stereocenters. The molecule has 2 aromatic rings. The van der Waals surface area contributed by atoms with Gasteiger partial charge in [0.15, 0.2) is 17.5 Å². The number of aryl methyl sites for hydroxylation is 1. The number of halogens is 2. The van der Waals surface area contributed by atoms with Gasteiger partial charge in [0, 0.05) is 63.9 Å². The maximum atomic E-state index is 14.1. The van der Waals surface area contributed by atoms with Crippen LogP contribution in [0.4, 0.5) is 11.4 Å². The van der Waals surface area contributed by atoms with E-state index in [1.54, 1.807) is 38.9 Å². The lowest BCUT2D eigenvalue weighted by molar-refractivity contribution is -0.161. The number of esters is 2. The lowest BCUT2D eigenvalue weighted by atomic mass is 9.82. The Labute approximate surface area is 567 Å².